The van der Waals surface area contributed by atoms with Gasteiger partial charge < -0.3 is 20.3 Å². The van der Waals surface area contributed by atoms with E-state index in [0.29, 0.717) is 30.1 Å². The second-order valence-electron chi connectivity index (χ2n) is 7.30. The molecular formula is C23H29N3O3. The highest BCUT2D eigenvalue weighted by Gasteiger charge is 2.23. The lowest BCUT2D eigenvalue weighted by Gasteiger charge is -2.28. The van der Waals surface area contributed by atoms with Gasteiger partial charge in [0.2, 0.25) is 5.91 Å². The largest absolute Gasteiger partial charge is 0.495 e. The predicted molar refractivity (Wildman–Crippen MR) is 116 cm³/mol. The summed E-state index contributed by atoms with van der Waals surface area (Å²) < 4.78 is 5.43. The molecule has 29 heavy (non-hydrogen) atoms. The fourth-order valence-electron chi connectivity index (χ4n) is 3.53. The zero-order chi connectivity index (χ0) is 20.8. The maximum absolute atomic E-state index is 12.5. The Morgan fingerprint density at radius 1 is 1.17 bits per heavy atom. The van der Waals surface area contributed by atoms with Gasteiger partial charge in [-0.15, -0.1) is 0 Å². The van der Waals surface area contributed by atoms with Gasteiger partial charge >= 0.3 is 6.03 Å². The Kier molecular flexibility index (Phi) is 6.75. The molecule has 0 aliphatic carbocycles. The van der Waals surface area contributed by atoms with Crippen LogP contribution in [0.2, 0.25) is 0 Å². The number of carbonyl (C=O) groups is 2. The van der Waals surface area contributed by atoms with Crippen molar-refractivity contribution in [1.82, 2.24) is 5.32 Å². The predicted octanol–water partition coefficient (Wildman–Crippen LogP) is 4.66. The average molecular weight is 396 g/mol. The second-order valence-corrected chi connectivity index (χ2v) is 7.30. The van der Waals surface area contributed by atoms with Crippen LogP contribution in [0.1, 0.15) is 50.3 Å². The van der Waals surface area contributed by atoms with Crippen molar-refractivity contribution in [3.05, 3.63) is 53.6 Å². The van der Waals surface area contributed by atoms with Gasteiger partial charge in [-0.05, 0) is 55.5 Å². The van der Waals surface area contributed by atoms with E-state index in [4.69, 9.17) is 4.74 Å². The zero-order valence-electron chi connectivity index (χ0n) is 17.3. The number of nitrogens with one attached hydrogen (secondary N) is 2. The van der Waals surface area contributed by atoms with Gasteiger partial charge in [0.25, 0.3) is 0 Å². The van der Waals surface area contributed by atoms with Crippen LogP contribution in [0, 0.1) is 0 Å². The highest BCUT2D eigenvalue weighted by atomic mass is 16.5. The van der Waals surface area contributed by atoms with Crippen molar-refractivity contribution in [2.45, 2.75) is 45.6 Å². The van der Waals surface area contributed by atoms with Gasteiger partial charge in [-0.3, -0.25) is 4.79 Å². The van der Waals surface area contributed by atoms with E-state index in [1.807, 2.05) is 19.1 Å². The quantitative estimate of drug-likeness (QED) is 0.747. The number of hydrogen-bond acceptors (Lipinski definition) is 3. The number of nitrogens with zero attached hydrogens (tertiary/aromatic N) is 1. The van der Waals surface area contributed by atoms with Gasteiger partial charge in [0, 0.05) is 18.7 Å². The van der Waals surface area contributed by atoms with Gasteiger partial charge in [0.15, 0.2) is 0 Å². The Labute approximate surface area is 172 Å². The molecule has 2 aromatic rings. The van der Waals surface area contributed by atoms with Crippen molar-refractivity contribution in [3.8, 4) is 5.75 Å². The molecule has 1 unspecified atom stereocenters. The Balaban J connectivity index is 1.69. The fourth-order valence-corrected chi connectivity index (χ4v) is 3.53. The Hall–Kier alpha value is -3.02. The highest BCUT2D eigenvalue weighted by molar-refractivity contribution is 5.97. The maximum atomic E-state index is 12.5. The molecule has 1 fully saturated rings. The first-order valence-electron chi connectivity index (χ1n) is 10.2. The van der Waals surface area contributed by atoms with Crippen molar-refractivity contribution in [3.63, 3.8) is 0 Å². The molecule has 3 rings (SSSR count). The third-order valence-electron chi connectivity index (χ3n) is 5.29. The van der Waals surface area contributed by atoms with Crippen LogP contribution in [0.25, 0.3) is 0 Å². The molecule has 1 heterocycles. The van der Waals surface area contributed by atoms with Gasteiger partial charge in [0.05, 0.1) is 18.8 Å². The minimum absolute atomic E-state index is 0.0836. The van der Waals surface area contributed by atoms with Crippen molar-refractivity contribution >= 4 is 23.3 Å². The zero-order valence-corrected chi connectivity index (χ0v) is 17.3. The van der Waals surface area contributed by atoms with Crippen molar-refractivity contribution in [1.29, 1.82) is 0 Å². The van der Waals surface area contributed by atoms with Crippen molar-refractivity contribution < 1.29 is 14.3 Å². The van der Waals surface area contributed by atoms with E-state index >= 15 is 0 Å². The number of methoxy groups -OCH3 is 1. The SMILES string of the molecule is CCc1ccc(C(C)NC(=O)Nc2ccc(OC)c(N3CCCCC3=O)c2)cc1. The van der Waals surface area contributed by atoms with Crippen LogP contribution in [0.15, 0.2) is 42.5 Å². The van der Waals surface area contributed by atoms with Gasteiger partial charge in [0.1, 0.15) is 5.75 Å². The number of carbonyl (C=O) groups excluding carboxylic acids is 2. The molecule has 1 aliphatic heterocycles. The summed E-state index contributed by atoms with van der Waals surface area (Å²) in [6.07, 6.45) is 3.40. The molecular weight excluding hydrogens is 366 g/mol. The van der Waals surface area contributed by atoms with E-state index in [2.05, 4.69) is 29.7 Å². The van der Waals surface area contributed by atoms with Crippen molar-refractivity contribution in [2.24, 2.45) is 0 Å². The molecule has 154 valence electrons. The fraction of sp³-hybridized carbons (Fsp3) is 0.391. The monoisotopic (exact) mass is 395 g/mol. The molecule has 1 saturated heterocycles. The van der Waals surface area contributed by atoms with E-state index in [1.54, 1.807) is 30.2 Å². The molecule has 3 amide bonds. The minimum atomic E-state index is -0.293. The first kappa shape index (κ1) is 20.7. The number of benzene rings is 2. The molecule has 0 radical (unpaired) electrons. The third-order valence-corrected chi connectivity index (χ3v) is 5.29. The Morgan fingerprint density at radius 2 is 1.93 bits per heavy atom. The van der Waals surface area contributed by atoms with Crippen LogP contribution in [0.3, 0.4) is 0 Å². The lowest BCUT2D eigenvalue weighted by molar-refractivity contribution is -0.119. The normalized spacial score (nSPS) is 15.0. The molecule has 2 aromatic carbocycles. The van der Waals surface area contributed by atoms with Gasteiger partial charge in [-0.25, -0.2) is 4.79 Å². The molecule has 2 N–H and O–H groups in total. The highest BCUT2D eigenvalue weighted by Crippen LogP contribution is 2.33. The van der Waals surface area contributed by atoms with Crippen molar-refractivity contribution in [2.75, 3.05) is 23.9 Å². The number of rotatable bonds is 6. The molecule has 1 atom stereocenters. The summed E-state index contributed by atoms with van der Waals surface area (Å²) in [5, 5.41) is 5.82. The summed E-state index contributed by atoms with van der Waals surface area (Å²) in [6, 6.07) is 13.2. The maximum Gasteiger partial charge on any atom is 0.319 e. The van der Waals surface area contributed by atoms with Gasteiger partial charge in [-0.1, -0.05) is 31.2 Å². The van der Waals surface area contributed by atoms with E-state index in [9.17, 15) is 9.59 Å². The van der Waals surface area contributed by atoms with E-state index < -0.39 is 0 Å². The Morgan fingerprint density at radius 3 is 2.59 bits per heavy atom. The smallest absolute Gasteiger partial charge is 0.319 e. The van der Waals surface area contributed by atoms with Crippen LogP contribution in [-0.2, 0) is 11.2 Å². The second kappa shape index (κ2) is 9.45. The molecule has 0 saturated carbocycles. The molecule has 6 heteroatoms. The number of hydrogen-bond donors (Lipinski definition) is 2. The number of aryl methyl sites for hydroxylation is 1. The number of urea groups is 1. The summed E-state index contributed by atoms with van der Waals surface area (Å²) in [4.78, 5) is 26.5. The van der Waals surface area contributed by atoms with E-state index in [1.165, 1.54) is 5.56 Å². The topological polar surface area (TPSA) is 70.7 Å². The van der Waals surface area contributed by atoms with E-state index in [0.717, 1.165) is 24.8 Å². The molecule has 6 nitrogen and oxygen atoms in total. The molecule has 0 spiro atoms. The standard InChI is InChI=1S/C23H29N3O3/c1-4-17-8-10-18(11-9-17)16(2)24-23(28)25-19-12-13-21(29-3)20(15-19)26-14-6-5-7-22(26)27/h8-13,15-16H,4-7,14H2,1-3H3,(H2,24,25,28). The first-order chi connectivity index (χ1) is 14.0. The summed E-state index contributed by atoms with van der Waals surface area (Å²) in [6.45, 7) is 4.73. The third kappa shape index (κ3) is 5.08. The molecule has 0 aromatic heterocycles. The van der Waals surface area contributed by atoms with Crippen LogP contribution >= 0.6 is 0 Å². The first-order valence-corrected chi connectivity index (χ1v) is 10.2. The van der Waals surface area contributed by atoms with E-state index in [-0.39, 0.29) is 18.0 Å². The summed E-state index contributed by atoms with van der Waals surface area (Å²) >= 11 is 0. The summed E-state index contributed by atoms with van der Waals surface area (Å²) in [5.41, 5.74) is 3.62. The number of amides is 3. The number of anilines is 2. The summed E-state index contributed by atoms with van der Waals surface area (Å²) in [5.74, 6) is 0.705. The van der Waals surface area contributed by atoms with Crippen LogP contribution in [0.5, 0.6) is 5.75 Å². The van der Waals surface area contributed by atoms with Crippen LogP contribution in [0.4, 0.5) is 16.2 Å². The Bertz CT molecular complexity index is 864. The molecule has 1 aliphatic rings. The number of piperidine rings is 1. The van der Waals surface area contributed by atoms with Crippen LogP contribution in [-0.4, -0.2) is 25.6 Å². The lowest BCUT2D eigenvalue weighted by Crippen LogP contribution is -2.35. The lowest BCUT2D eigenvalue weighted by atomic mass is 10.1. The minimum Gasteiger partial charge on any atom is -0.495 e. The summed E-state index contributed by atoms with van der Waals surface area (Å²) in [7, 11) is 1.58. The average Bonchev–Trinajstić information content (AvgIpc) is 2.74. The molecule has 0 bridgehead atoms. The van der Waals surface area contributed by atoms with Gasteiger partial charge in [-0.2, -0.15) is 0 Å². The number of ether oxygens (including phenoxy) is 1. The van der Waals surface area contributed by atoms with Crippen LogP contribution < -0.4 is 20.3 Å².